The van der Waals surface area contributed by atoms with E-state index in [1.54, 1.807) is 7.11 Å². The highest BCUT2D eigenvalue weighted by atomic mass is 16.5. The van der Waals surface area contributed by atoms with Crippen LogP contribution >= 0.6 is 0 Å². The largest absolute Gasteiger partial charge is 0.497 e. The van der Waals surface area contributed by atoms with Crippen molar-refractivity contribution in [2.75, 3.05) is 7.11 Å². The number of ether oxygens (including phenoxy) is 1. The molecule has 0 amide bonds. The second-order valence-electron chi connectivity index (χ2n) is 5.93. The van der Waals surface area contributed by atoms with E-state index in [0.717, 1.165) is 18.6 Å². The fraction of sp³-hybridized carbons (Fsp3) is 0.316. The molecule has 2 nitrogen and oxygen atoms in total. The van der Waals surface area contributed by atoms with Crippen molar-refractivity contribution in [1.82, 2.24) is 0 Å². The van der Waals surface area contributed by atoms with Crippen molar-refractivity contribution in [2.45, 2.75) is 24.8 Å². The number of hydrogen-bond acceptors (Lipinski definition) is 2. The van der Waals surface area contributed by atoms with Crippen LogP contribution in [0.2, 0.25) is 0 Å². The Bertz CT molecular complexity index is 681. The van der Waals surface area contributed by atoms with E-state index in [1.807, 2.05) is 12.3 Å². The molecular weight excluding hydrogens is 258 g/mol. The van der Waals surface area contributed by atoms with E-state index in [2.05, 4.69) is 42.5 Å². The van der Waals surface area contributed by atoms with Gasteiger partial charge < -0.3 is 4.74 Å². The lowest BCUT2D eigenvalue weighted by Gasteiger charge is -2.36. The van der Waals surface area contributed by atoms with Crippen LogP contribution in [0.5, 0.6) is 0 Å². The van der Waals surface area contributed by atoms with Crippen LogP contribution in [0.1, 0.15) is 23.5 Å². The lowest BCUT2D eigenvalue weighted by atomic mass is 9.70. The van der Waals surface area contributed by atoms with Crippen LogP contribution < -0.4 is 0 Å². The summed E-state index contributed by atoms with van der Waals surface area (Å²) in [5.74, 6) is 1.75. The first-order valence-electron chi connectivity index (χ1n) is 7.62. The predicted molar refractivity (Wildman–Crippen MR) is 85.6 cm³/mol. The molecule has 0 aromatic heterocycles. The molecule has 1 unspecified atom stereocenters. The topological polar surface area (TPSA) is 21.6 Å². The Morgan fingerprint density at radius 3 is 3.00 bits per heavy atom. The Morgan fingerprint density at radius 1 is 1.19 bits per heavy atom. The highest BCUT2D eigenvalue weighted by molar-refractivity contribution is 5.75. The van der Waals surface area contributed by atoms with E-state index in [-0.39, 0.29) is 0 Å². The average molecular weight is 277 g/mol. The molecule has 1 aromatic carbocycles. The maximum absolute atomic E-state index is 5.45. The molecule has 4 rings (SSSR count). The molecule has 0 radical (unpaired) electrons. The van der Waals surface area contributed by atoms with Crippen molar-refractivity contribution in [1.29, 1.82) is 0 Å². The average Bonchev–Trinajstić information content (AvgIpc) is 2.73. The first kappa shape index (κ1) is 12.6. The summed E-state index contributed by atoms with van der Waals surface area (Å²) < 4.78 is 5.45. The van der Waals surface area contributed by atoms with Crippen LogP contribution in [0.3, 0.4) is 0 Å². The third kappa shape index (κ3) is 2.06. The second-order valence-corrected chi connectivity index (χ2v) is 5.93. The van der Waals surface area contributed by atoms with Gasteiger partial charge in [-0.25, -0.2) is 0 Å². The molecule has 0 saturated heterocycles. The van der Waals surface area contributed by atoms with Gasteiger partial charge in [0.25, 0.3) is 0 Å². The molecule has 1 aliphatic heterocycles. The van der Waals surface area contributed by atoms with Crippen molar-refractivity contribution in [2.24, 2.45) is 10.9 Å². The molecule has 0 fully saturated rings. The third-order valence-electron chi connectivity index (χ3n) is 4.87. The number of fused-ring (bicyclic) bond motifs is 5. The van der Waals surface area contributed by atoms with Gasteiger partial charge in [0, 0.05) is 18.1 Å². The summed E-state index contributed by atoms with van der Waals surface area (Å²) in [4.78, 5) is 4.81. The Balaban J connectivity index is 1.84. The minimum Gasteiger partial charge on any atom is -0.497 e. The van der Waals surface area contributed by atoms with Crippen molar-refractivity contribution >= 4 is 6.21 Å². The maximum atomic E-state index is 5.45. The number of rotatable bonds is 1. The van der Waals surface area contributed by atoms with Crippen LogP contribution in [0, 0.1) is 5.92 Å². The highest BCUT2D eigenvalue weighted by Crippen LogP contribution is 2.44. The van der Waals surface area contributed by atoms with Gasteiger partial charge >= 0.3 is 0 Å². The molecule has 0 spiro atoms. The molecule has 0 saturated carbocycles. The molecule has 1 aromatic rings. The zero-order valence-corrected chi connectivity index (χ0v) is 12.2. The molecule has 0 bridgehead atoms. The van der Waals surface area contributed by atoms with E-state index in [4.69, 9.17) is 9.73 Å². The summed E-state index contributed by atoms with van der Waals surface area (Å²) in [5.41, 5.74) is 4.28. The third-order valence-corrected chi connectivity index (χ3v) is 4.87. The molecule has 106 valence electrons. The molecule has 1 heterocycles. The molecule has 2 heteroatoms. The number of methoxy groups -OCH3 is 1. The molecule has 21 heavy (non-hydrogen) atoms. The fourth-order valence-electron chi connectivity index (χ4n) is 3.85. The van der Waals surface area contributed by atoms with E-state index < -0.39 is 0 Å². The molecular formula is C19H19NO. The first-order valence-corrected chi connectivity index (χ1v) is 7.62. The first-order chi connectivity index (χ1) is 10.4. The number of allylic oxidation sites excluding steroid dienone is 5. The van der Waals surface area contributed by atoms with Crippen molar-refractivity contribution in [3.05, 3.63) is 71.0 Å². The van der Waals surface area contributed by atoms with E-state index in [9.17, 15) is 0 Å². The number of aryl methyl sites for hydroxylation is 1. The summed E-state index contributed by atoms with van der Waals surface area (Å²) in [7, 11) is 1.74. The van der Waals surface area contributed by atoms with Gasteiger partial charge in [0.1, 0.15) is 5.76 Å². The normalized spacial score (nSPS) is 29.5. The zero-order chi connectivity index (χ0) is 14.2. The summed E-state index contributed by atoms with van der Waals surface area (Å²) >= 11 is 0. The van der Waals surface area contributed by atoms with Crippen molar-refractivity contribution in [3.8, 4) is 0 Å². The van der Waals surface area contributed by atoms with E-state index >= 15 is 0 Å². The number of nitrogens with zero attached hydrogens (tertiary/aromatic N) is 1. The van der Waals surface area contributed by atoms with Gasteiger partial charge in [0.05, 0.1) is 13.2 Å². The van der Waals surface area contributed by atoms with E-state index in [0.29, 0.717) is 17.9 Å². The SMILES string of the molecule is COC1=CC2C(=CC=N[C@H]3CCc4ccccc4[C@H]23)C=C1. The highest BCUT2D eigenvalue weighted by Gasteiger charge is 2.37. The van der Waals surface area contributed by atoms with Crippen molar-refractivity contribution < 1.29 is 4.74 Å². The lowest BCUT2D eigenvalue weighted by molar-refractivity contribution is 0.298. The van der Waals surface area contributed by atoms with Gasteiger partial charge in [-0.1, -0.05) is 30.3 Å². The minimum atomic E-state index is 0.360. The van der Waals surface area contributed by atoms with Crippen LogP contribution in [-0.4, -0.2) is 19.4 Å². The van der Waals surface area contributed by atoms with Gasteiger partial charge in [-0.15, -0.1) is 0 Å². The monoisotopic (exact) mass is 277 g/mol. The second kappa shape index (κ2) is 5.03. The fourth-order valence-corrected chi connectivity index (χ4v) is 3.85. The van der Waals surface area contributed by atoms with Gasteiger partial charge in [-0.05, 0) is 47.8 Å². The molecule has 0 N–H and O–H groups in total. The van der Waals surface area contributed by atoms with Gasteiger partial charge in [-0.2, -0.15) is 0 Å². The molecule has 2 aliphatic carbocycles. The number of hydrogen-bond donors (Lipinski definition) is 0. The standard InChI is InChI=1S/C19H19NO/c1-21-15-8-6-14-10-11-20-18-9-7-13-4-2-3-5-16(13)19(18)17(14)12-15/h2-6,8,10-12,17-19H,7,9H2,1H3/t17?,18-,19+/m0/s1. The Labute approximate surface area is 125 Å². The number of aliphatic imine (C=N–C) groups is 1. The predicted octanol–water partition coefficient (Wildman–Crippen LogP) is 3.81. The van der Waals surface area contributed by atoms with E-state index in [1.165, 1.54) is 16.7 Å². The van der Waals surface area contributed by atoms with Gasteiger partial charge in [0.2, 0.25) is 0 Å². The van der Waals surface area contributed by atoms with Crippen LogP contribution in [0.25, 0.3) is 0 Å². The molecule has 3 atom stereocenters. The van der Waals surface area contributed by atoms with Crippen LogP contribution in [-0.2, 0) is 11.2 Å². The smallest absolute Gasteiger partial charge is 0.115 e. The van der Waals surface area contributed by atoms with Gasteiger partial charge in [0.15, 0.2) is 0 Å². The Morgan fingerprint density at radius 2 is 2.10 bits per heavy atom. The molecule has 3 aliphatic rings. The lowest BCUT2D eigenvalue weighted by Crippen LogP contribution is -2.30. The maximum Gasteiger partial charge on any atom is 0.115 e. The quantitative estimate of drug-likeness (QED) is 0.765. The van der Waals surface area contributed by atoms with Crippen LogP contribution in [0.15, 0.2) is 64.9 Å². The minimum absolute atomic E-state index is 0.360. The summed E-state index contributed by atoms with van der Waals surface area (Å²) in [6.45, 7) is 0. The summed E-state index contributed by atoms with van der Waals surface area (Å²) in [6.07, 6.45) is 12.9. The number of benzene rings is 1. The summed E-state index contributed by atoms with van der Waals surface area (Å²) in [5, 5.41) is 0. The zero-order valence-electron chi connectivity index (χ0n) is 12.2. The van der Waals surface area contributed by atoms with Crippen LogP contribution in [0.4, 0.5) is 0 Å². The Kier molecular flexibility index (Phi) is 3.03. The van der Waals surface area contributed by atoms with Gasteiger partial charge in [-0.3, -0.25) is 4.99 Å². The van der Waals surface area contributed by atoms with Crippen molar-refractivity contribution in [3.63, 3.8) is 0 Å². The Hall–Kier alpha value is -2.09. The summed E-state index contributed by atoms with van der Waals surface area (Å²) in [6, 6.07) is 9.22.